The third-order valence-corrected chi connectivity index (χ3v) is 7.21. The van der Waals surface area contributed by atoms with Gasteiger partial charge in [0.2, 0.25) is 21.8 Å². The van der Waals surface area contributed by atoms with E-state index in [4.69, 9.17) is 11.6 Å². The molecule has 0 saturated carbocycles. The summed E-state index contributed by atoms with van der Waals surface area (Å²) in [4.78, 5) is 28.7. The molecule has 0 fully saturated rings. The minimum atomic E-state index is -3.83. The van der Waals surface area contributed by atoms with Gasteiger partial charge in [0.25, 0.3) is 0 Å². The summed E-state index contributed by atoms with van der Waals surface area (Å²) >= 11 is 6.11. The Labute approximate surface area is 224 Å². The molecule has 0 bridgehead atoms. The van der Waals surface area contributed by atoms with Crippen LogP contribution in [0.4, 0.5) is 5.69 Å². The van der Waals surface area contributed by atoms with E-state index < -0.39 is 28.5 Å². The van der Waals surface area contributed by atoms with Crippen LogP contribution >= 0.6 is 11.6 Å². The van der Waals surface area contributed by atoms with Crippen molar-refractivity contribution < 1.29 is 18.0 Å². The molecule has 0 radical (unpaired) electrons. The first-order valence-corrected chi connectivity index (χ1v) is 14.2. The molecule has 3 rings (SSSR count). The zero-order valence-electron chi connectivity index (χ0n) is 21.2. The topological polar surface area (TPSA) is 86.8 Å². The number of sulfonamides is 1. The van der Waals surface area contributed by atoms with E-state index in [1.54, 1.807) is 18.2 Å². The number of nitrogens with zero attached hydrogens (tertiary/aromatic N) is 2. The highest BCUT2D eigenvalue weighted by atomic mass is 35.5. The van der Waals surface area contributed by atoms with Crippen molar-refractivity contribution in [1.82, 2.24) is 10.2 Å². The van der Waals surface area contributed by atoms with Crippen LogP contribution in [0.5, 0.6) is 0 Å². The van der Waals surface area contributed by atoms with Crippen molar-refractivity contribution in [2.45, 2.75) is 32.9 Å². The monoisotopic (exact) mass is 541 g/mol. The lowest BCUT2D eigenvalue weighted by atomic mass is 10.0. The van der Waals surface area contributed by atoms with Gasteiger partial charge in [0, 0.05) is 24.5 Å². The van der Waals surface area contributed by atoms with E-state index in [9.17, 15) is 18.0 Å². The number of halogens is 1. The fourth-order valence-corrected chi connectivity index (χ4v) is 5.12. The molecule has 196 valence electrons. The van der Waals surface area contributed by atoms with Crippen molar-refractivity contribution in [3.05, 3.63) is 101 Å². The lowest BCUT2D eigenvalue weighted by Crippen LogP contribution is -2.53. The number of likely N-dealkylation sites (N-methyl/N-ethyl adjacent to an activating group) is 1. The largest absolute Gasteiger partial charge is 0.355 e. The van der Waals surface area contributed by atoms with Gasteiger partial charge in [-0.3, -0.25) is 13.9 Å². The third kappa shape index (κ3) is 8.06. The minimum absolute atomic E-state index is 0.141. The second-order valence-corrected chi connectivity index (χ2v) is 11.2. The van der Waals surface area contributed by atoms with Crippen molar-refractivity contribution >= 4 is 39.1 Å². The van der Waals surface area contributed by atoms with Gasteiger partial charge in [-0.15, -0.1) is 0 Å². The zero-order valence-corrected chi connectivity index (χ0v) is 22.8. The van der Waals surface area contributed by atoms with Gasteiger partial charge in [-0.1, -0.05) is 77.8 Å². The number of benzene rings is 3. The number of carbonyl (C=O) groups excluding carboxylic acids is 2. The molecule has 3 aromatic rings. The normalized spacial score (nSPS) is 12.0. The molecule has 7 nitrogen and oxygen atoms in total. The number of aryl methyl sites for hydroxylation is 1. The molecule has 0 aliphatic rings. The van der Waals surface area contributed by atoms with Crippen molar-refractivity contribution in [3.63, 3.8) is 0 Å². The lowest BCUT2D eigenvalue weighted by Gasteiger charge is -2.33. The van der Waals surface area contributed by atoms with E-state index in [-0.39, 0.29) is 24.6 Å². The van der Waals surface area contributed by atoms with E-state index >= 15 is 0 Å². The number of hydrogen-bond donors (Lipinski definition) is 1. The van der Waals surface area contributed by atoms with Gasteiger partial charge < -0.3 is 10.2 Å². The van der Waals surface area contributed by atoms with Crippen LogP contribution in [0.25, 0.3) is 0 Å². The van der Waals surface area contributed by atoms with Gasteiger partial charge in [-0.05, 0) is 43.2 Å². The minimum Gasteiger partial charge on any atom is -0.355 e. The van der Waals surface area contributed by atoms with Gasteiger partial charge in [0.1, 0.15) is 12.6 Å². The Morgan fingerprint density at radius 3 is 2.24 bits per heavy atom. The van der Waals surface area contributed by atoms with Crippen molar-refractivity contribution in [3.8, 4) is 0 Å². The first kappa shape index (κ1) is 28.2. The van der Waals surface area contributed by atoms with Crippen LogP contribution in [0.3, 0.4) is 0 Å². The molecular formula is C28H32ClN3O4S. The summed E-state index contributed by atoms with van der Waals surface area (Å²) in [5, 5.41) is 3.19. The summed E-state index contributed by atoms with van der Waals surface area (Å²) in [6, 6.07) is 22.6. The van der Waals surface area contributed by atoms with Crippen LogP contribution in [-0.4, -0.2) is 50.5 Å². The highest BCUT2D eigenvalue weighted by Crippen LogP contribution is 2.23. The fraction of sp³-hybridized carbons (Fsp3) is 0.286. The van der Waals surface area contributed by atoms with Crippen LogP contribution in [0.2, 0.25) is 5.02 Å². The molecule has 0 unspecified atom stereocenters. The standard InChI is InChI=1S/C28H32ClN3O4S/c1-4-30-28(34)26(17-22-11-6-5-7-12-22)31(19-23-13-8-10-21(2)16-23)27(33)20-32(37(3,35)36)25-15-9-14-24(29)18-25/h5-16,18,26H,4,17,19-20H2,1-3H3,(H,30,34)/t26-/m1/s1. The molecule has 37 heavy (non-hydrogen) atoms. The molecule has 2 amide bonds. The summed E-state index contributed by atoms with van der Waals surface area (Å²) in [5.41, 5.74) is 3.01. The van der Waals surface area contributed by atoms with Crippen LogP contribution in [0, 0.1) is 6.92 Å². The van der Waals surface area contributed by atoms with E-state index in [1.807, 2.05) is 68.4 Å². The number of nitrogens with one attached hydrogen (secondary N) is 1. The molecule has 0 aliphatic heterocycles. The summed E-state index contributed by atoms with van der Waals surface area (Å²) in [6.07, 6.45) is 1.32. The Kier molecular flexibility index (Phi) is 9.72. The first-order valence-electron chi connectivity index (χ1n) is 12.0. The number of anilines is 1. The predicted molar refractivity (Wildman–Crippen MR) is 148 cm³/mol. The van der Waals surface area contributed by atoms with Crippen molar-refractivity contribution in [1.29, 1.82) is 0 Å². The molecule has 0 heterocycles. The highest BCUT2D eigenvalue weighted by Gasteiger charge is 2.32. The average Bonchev–Trinajstić information content (AvgIpc) is 2.84. The van der Waals surface area contributed by atoms with Crippen LogP contribution in [0.15, 0.2) is 78.9 Å². The Morgan fingerprint density at radius 2 is 1.62 bits per heavy atom. The highest BCUT2D eigenvalue weighted by molar-refractivity contribution is 7.92. The predicted octanol–water partition coefficient (Wildman–Crippen LogP) is 4.19. The Morgan fingerprint density at radius 1 is 0.946 bits per heavy atom. The smallest absolute Gasteiger partial charge is 0.244 e. The second-order valence-electron chi connectivity index (χ2n) is 8.86. The molecule has 0 aromatic heterocycles. The maximum Gasteiger partial charge on any atom is 0.244 e. The summed E-state index contributed by atoms with van der Waals surface area (Å²) < 4.78 is 26.5. The quantitative estimate of drug-likeness (QED) is 0.394. The molecule has 1 N–H and O–H groups in total. The van der Waals surface area contributed by atoms with Crippen molar-refractivity contribution in [2.24, 2.45) is 0 Å². The van der Waals surface area contributed by atoms with E-state index in [1.165, 1.54) is 11.0 Å². The van der Waals surface area contributed by atoms with Crippen LogP contribution in [0.1, 0.15) is 23.6 Å². The van der Waals surface area contributed by atoms with E-state index in [0.717, 1.165) is 27.3 Å². The van der Waals surface area contributed by atoms with Crippen molar-refractivity contribution in [2.75, 3.05) is 23.7 Å². The Balaban J connectivity index is 2.04. The second kappa shape index (κ2) is 12.7. The van der Waals surface area contributed by atoms with E-state index in [0.29, 0.717) is 11.6 Å². The molecule has 3 aromatic carbocycles. The fourth-order valence-electron chi connectivity index (χ4n) is 4.10. The lowest BCUT2D eigenvalue weighted by molar-refractivity contribution is -0.140. The number of hydrogen-bond acceptors (Lipinski definition) is 4. The number of rotatable bonds is 11. The van der Waals surface area contributed by atoms with Gasteiger partial charge in [0.05, 0.1) is 11.9 Å². The van der Waals surface area contributed by atoms with Gasteiger partial charge in [0.15, 0.2) is 0 Å². The molecular weight excluding hydrogens is 510 g/mol. The average molecular weight is 542 g/mol. The third-order valence-electron chi connectivity index (χ3n) is 5.83. The molecule has 1 atom stereocenters. The maximum atomic E-state index is 13.9. The SMILES string of the molecule is CCNC(=O)[C@@H](Cc1ccccc1)N(Cc1cccc(C)c1)C(=O)CN(c1cccc(Cl)c1)S(C)(=O)=O. The summed E-state index contributed by atoms with van der Waals surface area (Å²) in [6.45, 7) is 3.83. The first-order chi connectivity index (χ1) is 17.6. The van der Waals surface area contributed by atoms with Crippen LogP contribution < -0.4 is 9.62 Å². The summed E-state index contributed by atoms with van der Waals surface area (Å²) in [5.74, 6) is -0.805. The molecule has 0 aliphatic carbocycles. The number of amides is 2. The molecule has 0 saturated heterocycles. The van der Waals surface area contributed by atoms with Crippen LogP contribution in [-0.2, 0) is 32.6 Å². The zero-order chi connectivity index (χ0) is 27.0. The summed E-state index contributed by atoms with van der Waals surface area (Å²) in [7, 11) is -3.83. The van der Waals surface area contributed by atoms with Gasteiger partial charge in [-0.2, -0.15) is 0 Å². The van der Waals surface area contributed by atoms with E-state index in [2.05, 4.69) is 5.32 Å². The maximum absolute atomic E-state index is 13.9. The number of carbonyl (C=O) groups is 2. The molecule has 0 spiro atoms. The Bertz CT molecular complexity index is 1330. The Hall–Kier alpha value is -3.36. The van der Waals surface area contributed by atoms with Gasteiger partial charge >= 0.3 is 0 Å². The van der Waals surface area contributed by atoms with Gasteiger partial charge in [-0.25, -0.2) is 8.42 Å². The molecule has 9 heteroatoms.